The molecule has 0 aromatic heterocycles. The third-order valence-electron chi connectivity index (χ3n) is 5.75. The molecule has 2 fully saturated rings. The van der Waals surface area contributed by atoms with Gasteiger partial charge < -0.3 is 14.5 Å². The number of carbonyl (C=O) groups is 2. The smallest absolute Gasteiger partial charge is 0.254 e. The number of hydrogen-bond acceptors (Lipinski definition) is 3. The maximum Gasteiger partial charge on any atom is 0.254 e. The van der Waals surface area contributed by atoms with Crippen LogP contribution in [0.5, 0.6) is 0 Å². The SMILES string of the molecule is C[C@@]12CCN(C(=O)c3cccc(F)c3)C[C@H]1N(Cc1ccccc1)C(=O)CO2. The fraction of sp³-hybridized carbons (Fsp3) is 0.364. The summed E-state index contributed by atoms with van der Waals surface area (Å²) in [6, 6.07) is 15.3. The lowest BCUT2D eigenvalue weighted by molar-refractivity contribution is -0.186. The van der Waals surface area contributed by atoms with Gasteiger partial charge in [-0.1, -0.05) is 36.4 Å². The van der Waals surface area contributed by atoms with Crippen LogP contribution in [-0.4, -0.2) is 53.0 Å². The zero-order valence-corrected chi connectivity index (χ0v) is 15.8. The van der Waals surface area contributed by atoms with Gasteiger partial charge in [-0.05, 0) is 37.1 Å². The molecule has 0 N–H and O–H groups in total. The lowest BCUT2D eigenvalue weighted by atomic mass is 9.85. The molecule has 6 heteroatoms. The van der Waals surface area contributed by atoms with Crippen LogP contribution in [0.15, 0.2) is 54.6 Å². The van der Waals surface area contributed by atoms with Gasteiger partial charge in [-0.3, -0.25) is 9.59 Å². The Morgan fingerprint density at radius 3 is 2.75 bits per heavy atom. The Hall–Kier alpha value is -2.73. The third kappa shape index (κ3) is 3.52. The quantitative estimate of drug-likeness (QED) is 0.820. The van der Waals surface area contributed by atoms with Crippen molar-refractivity contribution in [2.75, 3.05) is 19.7 Å². The lowest BCUT2D eigenvalue weighted by Crippen LogP contribution is -2.67. The first kappa shape index (κ1) is 18.6. The van der Waals surface area contributed by atoms with Crippen molar-refractivity contribution in [3.05, 3.63) is 71.5 Å². The molecule has 5 nitrogen and oxygen atoms in total. The van der Waals surface area contributed by atoms with Crippen LogP contribution in [0.25, 0.3) is 0 Å². The van der Waals surface area contributed by atoms with E-state index < -0.39 is 11.4 Å². The van der Waals surface area contributed by atoms with E-state index in [1.807, 2.05) is 42.2 Å². The molecule has 0 spiro atoms. The maximum atomic E-state index is 13.5. The topological polar surface area (TPSA) is 49.9 Å². The minimum Gasteiger partial charge on any atom is -0.363 e. The Labute approximate surface area is 163 Å². The fourth-order valence-electron chi connectivity index (χ4n) is 4.06. The highest BCUT2D eigenvalue weighted by Gasteiger charge is 2.49. The molecule has 28 heavy (non-hydrogen) atoms. The Morgan fingerprint density at radius 2 is 2.00 bits per heavy atom. The lowest BCUT2D eigenvalue weighted by Gasteiger charge is -2.52. The van der Waals surface area contributed by atoms with Crippen molar-refractivity contribution in [1.29, 1.82) is 0 Å². The van der Waals surface area contributed by atoms with Gasteiger partial charge in [0.2, 0.25) is 5.91 Å². The number of nitrogens with zero attached hydrogens (tertiary/aromatic N) is 2. The van der Waals surface area contributed by atoms with Crippen LogP contribution in [0.4, 0.5) is 4.39 Å². The summed E-state index contributed by atoms with van der Waals surface area (Å²) in [6.07, 6.45) is 0.622. The molecule has 0 bridgehead atoms. The van der Waals surface area contributed by atoms with E-state index in [2.05, 4.69) is 0 Å². The minimum atomic E-state index is -0.499. The fourth-order valence-corrected chi connectivity index (χ4v) is 4.06. The van der Waals surface area contributed by atoms with Gasteiger partial charge in [-0.15, -0.1) is 0 Å². The van der Waals surface area contributed by atoms with Gasteiger partial charge in [0.05, 0.1) is 11.6 Å². The molecular formula is C22H23FN2O3. The average molecular weight is 382 g/mol. The Balaban J connectivity index is 1.58. The zero-order valence-electron chi connectivity index (χ0n) is 15.8. The number of amides is 2. The summed E-state index contributed by atoms with van der Waals surface area (Å²) in [7, 11) is 0. The number of halogens is 1. The highest BCUT2D eigenvalue weighted by atomic mass is 19.1. The number of carbonyl (C=O) groups excluding carboxylic acids is 2. The van der Waals surface area contributed by atoms with E-state index >= 15 is 0 Å². The highest BCUT2D eigenvalue weighted by Crippen LogP contribution is 2.34. The Kier molecular flexibility index (Phi) is 4.89. The monoisotopic (exact) mass is 382 g/mol. The second kappa shape index (κ2) is 7.36. The highest BCUT2D eigenvalue weighted by molar-refractivity contribution is 5.94. The number of fused-ring (bicyclic) bond motifs is 1. The van der Waals surface area contributed by atoms with Crippen molar-refractivity contribution in [1.82, 2.24) is 9.80 Å². The molecule has 0 radical (unpaired) electrons. The number of hydrogen-bond donors (Lipinski definition) is 0. The van der Waals surface area contributed by atoms with Gasteiger partial charge in [0.15, 0.2) is 0 Å². The van der Waals surface area contributed by atoms with E-state index in [0.29, 0.717) is 31.6 Å². The average Bonchev–Trinajstić information content (AvgIpc) is 2.70. The van der Waals surface area contributed by atoms with E-state index in [-0.39, 0.29) is 24.5 Å². The predicted octanol–water partition coefficient (Wildman–Crippen LogP) is 2.86. The van der Waals surface area contributed by atoms with Crippen molar-refractivity contribution in [3.8, 4) is 0 Å². The largest absolute Gasteiger partial charge is 0.363 e. The van der Waals surface area contributed by atoms with Crippen molar-refractivity contribution < 1.29 is 18.7 Å². The molecule has 146 valence electrons. The first-order chi connectivity index (χ1) is 13.5. The van der Waals surface area contributed by atoms with Crippen molar-refractivity contribution in [2.24, 2.45) is 0 Å². The van der Waals surface area contributed by atoms with Crippen LogP contribution in [0.1, 0.15) is 29.3 Å². The molecule has 0 unspecified atom stereocenters. The second-order valence-electron chi connectivity index (χ2n) is 7.64. The van der Waals surface area contributed by atoms with Gasteiger partial charge in [-0.25, -0.2) is 4.39 Å². The van der Waals surface area contributed by atoms with Crippen LogP contribution in [0, 0.1) is 5.82 Å². The van der Waals surface area contributed by atoms with Gasteiger partial charge in [-0.2, -0.15) is 0 Å². The zero-order chi connectivity index (χ0) is 19.7. The van der Waals surface area contributed by atoms with Crippen LogP contribution >= 0.6 is 0 Å². The predicted molar refractivity (Wildman–Crippen MR) is 102 cm³/mol. The summed E-state index contributed by atoms with van der Waals surface area (Å²) in [5, 5.41) is 0. The Morgan fingerprint density at radius 1 is 1.21 bits per heavy atom. The minimum absolute atomic E-state index is 0.0533. The molecule has 2 amide bonds. The molecule has 2 heterocycles. The molecule has 0 aliphatic carbocycles. The van der Waals surface area contributed by atoms with E-state index in [1.165, 1.54) is 18.2 Å². The molecule has 2 aromatic rings. The normalized spacial score (nSPS) is 24.8. The van der Waals surface area contributed by atoms with Crippen molar-refractivity contribution in [2.45, 2.75) is 31.5 Å². The number of rotatable bonds is 3. The number of benzene rings is 2. The van der Waals surface area contributed by atoms with Crippen molar-refractivity contribution >= 4 is 11.8 Å². The van der Waals surface area contributed by atoms with Gasteiger partial charge in [0, 0.05) is 25.2 Å². The first-order valence-electron chi connectivity index (χ1n) is 9.48. The van der Waals surface area contributed by atoms with E-state index in [9.17, 15) is 14.0 Å². The van der Waals surface area contributed by atoms with Crippen molar-refractivity contribution in [3.63, 3.8) is 0 Å². The summed E-state index contributed by atoms with van der Waals surface area (Å²) in [5.74, 6) is -0.736. The standard InChI is InChI=1S/C22H23FN2O3/c1-22-10-11-24(21(27)17-8-5-9-18(23)12-17)14-19(22)25(20(26)15-28-22)13-16-6-3-2-4-7-16/h2-9,12,19H,10-11,13-15H2,1H3/t19-,22-/m1/s1. The molecule has 0 saturated carbocycles. The van der Waals surface area contributed by atoms with Crippen LogP contribution in [-0.2, 0) is 16.1 Å². The van der Waals surface area contributed by atoms with Gasteiger partial charge in [0.1, 0.15) is 12.4 Å². The summed E-state index contributed by atoms with van der Waals surface area (Å²) in [5.41, 5.74) is 0.858. The van der Waals surface area contributed by atoms with E-state index in [1.54, 1.807) is 11.0 Å². The number of likely N-dealkylation sites (tertiary alicyclic amines) is 1. The number of piperidine rings is 1. The summed E-state index contributed by atoms with van der Waals surface area (Å²) < 4.78 is 19.4. The van der Waals surface area contributed by atoms with Gasteiger partial charge >= 0.3 is 0 Å². The molecule has 2 aromatic carbocycles. The second-order valence-corrected chi connectivity index (χ2v) is 7.64. The summed E-state index contributed by atoms with van der Waals surface area (Å²) in [6.45, 7) is 3.41. The van der Waals surface area contributed by atoms with E-state index in [0.717, 1.165) is 5.56 Å². The van der Waals surface area contributed by atoms with Crippen LogP contribution in [0.3, 0.4) is 0 Å². The summed E-state index contributed by atoms with van der Waals surface area (Å²) in [4.78, 5) is 29.0. The van der Waals surface area contributed by atoms with Crippen LogP contribution in [0.2, 0.25) is 0 Å². The third-order valence-corrected chi connectivity index (χ3v) is 5.75. The number of morpholine rings is 1. The van der Waals surface area contributed by atoms with E-state index in [4.69, 9.17) is 4.74 Å². The molecule has 4 rings (SSSR count). The molecule has 2 saturated heterocycles. The molecular weight excluding hydrogens is 359 g/mol. The number of ether oxygens (including phenoxy) is 1. The molecule has 2 aliphatic rings. The first-order valence-corrected chi connectivity index (χ1v) is 9.48. The maximum absolute atomic E-state index is 13.5. The molecule has 2 atom stereocenters. The summed E-state index contributed by atoms with van der Waals surface area (Å²) >= 11 is 0. The molecule has 2 aliphatic heterocycles. The van der Waals surface area contributed by atoms with Crippen LogP contribution < -0.4 is 0 Å². The Bertz CT molecular complexity index is 888. The van der Waals surface area contributed by atoms with Gasteiger partial charge in [0.25, 0.3) is 5.91 Å².